The number of ether oxygens (including phenoxy) is 1. The van der Waals surface area contributed by atoms with Crippen molar-refractivity contribution in [3.8, 4) is 5.75 Å². The average Bonchev–Trinajstić information content (AvgIpc) is 2.52. The number of hydrogen-bond acceptors (Lipinski definition) is 3. The number of phenols is 1. The predicted molar refractivity (Wildman–Crippen MR) is 83.7 cm³/mol. The molecule has 0 aromatic heterocycles. The standard InChI is InChI=1S/C18H23F3O3/c1-2-3-4-5-16(18(19,20)21)24-17(23)14-7-6-13-11-15(22)9-8-12(13)10-14/h8-9,11,14,16,22H,2-7,10H2,1H3. The van der Waals surface area contributed by atoms with Crippen molar-refractivity contribution in [2.24, 2.45) is 5.92 Å². The zero-order chi connectivity index (χ0) is 17.7. The van der Waals surface area contributed by atoms with Crippen LogP contribution in [0, 0.1) is 5.92 Å². The van der Waals surface area contributed by atoms with Crippen LogP contribution in [0.15, 0.2) is 18.2 Å². The van der Waals surface area contributed by atoms with E-state index in [0.717, 1.165) is 17.5 Å². The Hall–Kier alpha value is -1.72. The van der Waals surface area contributed by atoms with Crippen LogP contribution >= 0.6 is 0 Å². The van der Waals surface area contributed by atoms with Crippen molar-refractivity contribution in [2.45, 2.75) is 64.1 Å². The molecule has 2 atom stereocenters. The Morgan fingerprint density at radius 2 is 2.08 bits per heavy atom. The fourth-order valence-corrected chi connectivity index (χ4v) is 3.05. The molecule has 0 amide bonds. The van der Waals surface area contributed by atoms with E-state index in [2.05, 4.69) is 0 Å². The van der Waals surface area contributed by atoms with Gasteiger partial charge in [-0.1, -0.05) is 25.8 Å². The minimum absolute atomic E-state index is 0.155. The van der Waals surface area contributed by atoms with Crippen molar-refractivity contribution in [1.82, 2.24) is 0 Å². The summed E-state index contributed by atoms with van der Waals surface area (Å²) in [5, 5.41) is 9.46. The van der Waals surface area contributed by atoms with Gasteiger partial charge in [0, 0.05) is 0 Å². The molecule has 0 aliphatic heterocycles. The Labute approximate surface area is 139 Å². The van der Waals surface area contributed by atoms with E-state index >= 15 is 0 Å². The van der Waals surface area contributed by atoms with Crippen LogP contribution < -0.4 is 0 Å². The number of halogens is 3. The third kappa shape index (κ3) is 4.89. The van der Waals surface area contributed by atoms with Crippen LogP contribution in [0.2, 0.25) is 0 Å². The molecule has 1 aliphatic carbocycles. The van der Waals surface area contributed by atoms with Crippen molar-refractivity contribution < 1.29 is 27.8 Å². The highest BCUT2D eigenvalue weighted by Crippen LogP contribution is 2.32. The first kappa shape index (κ1) is 18.6. The number of benzene rings is 1. The molecule has 3 nitrogen and oxygen atoms in total. The average molecular weight is 344 g/mol. The van der Waals surface area contributed by atoms with E-state index in [-0.39, 0.29) is 12.2 Å². The smallest absolute Gasteiger partial charge is 0.425 e. The summed E-state index contributed by atoms with van der Waals surface area (Å²) in [6, 6.07) is 4.88. The molecule has 2 rings (SSSR count). The van der Waals surface area contributed by atoms with Gasteiger partial charge in [0.15, 0.2) is 6.10 Å². The van der Waals surface area contributed by atoms with Crippen molar-refractivity contribution in [2.75, 3.05) is 0 Å². The Morgan fingerprint density at radius 3 is 2.75 bits per heavy atom. The fourth-order valence-electron chi connectivity index (χ4n) is 3.05. The lowest BCUT2D eigenvalue weighted by atomic mass is 9.84. The summed E-state index contributed by atoms with van der Waals surface area (Å²) in [6.45, 7) is 1.91. The number of fused-ring (bicyclic) bond motifs is 1. The first-order chi connectivity index (χ1) is 11.3. The molecule has 0 radical (unpaired) electrons. The Balaban J connectivity index is 1.98. The zero-order valence-corrected chi connectivity index (χ0v) is 13.7. The van der Waals surface area contributed by atoms with Crippen LogP contribution in [0.4, 0.5) is 13.2 Å². The van der Waals surface area contributed by atoms with Crippen LogP contribution in [0.5, 0.6) is 5.75 Å². The highest BCUT2D eigenvalue weighted by Gasteiger charge is 2.43. The summed E-state index contributed by atoms with van der Waals surface area (Å²) >= 11 is 0. The number of unbranched alkanes of at least 4 members (excludes halogenated alkanes) is 2. The maximum absolute atomic E-state index is 13.1. The summed E-state index contributed by atoms with van der Waals surface area (Å²) in [5.74, 6) is -1.17. The van der Waals surface area contributed by atoms with Gasteiger partial charge < -0.3 is 9.84 Å². The molecule has 24 heavy (non-hydrogen) atoms. The summed E-state index contributed by atoms with van der Waals surface area (Å²) in [4.78, 5) is 12.2. The number of aromatic hydroxyl groups is 1. The Kier molecular flexibility index (Phi) is 6.13. The van der Waals surface area contributed by atoms with E-state index in [9.17, 15) is 23.1 Å². The number of rotatable bonds is 6. The lowest BCUT2D eigenvalue weighted by Gasteiger charge is -2.27. The van der Waals surface area contributed by atoms with Crippen molar-refractivity contribution in [3.63, 3.8) is 0 Å². The number of phenolic OH excluding ortho intramolecular Hbond substituents is 1. The quantitative estimate of drug-likeness (QED) is 0.608. The van der Waals surface area contributed by atoms with E-state index in [1.165, 1.54) is 6.07 Å². The molecular formula is C18H23F3O3. The Bertz CT molecular complexity index is 569. The molecule has 1 aliphatic rings. The van der Waals surface area contributed by atoms with Gasteiger partial charge in [0.25, 0.3) is 0 Å². The molecule has 134 valence electrons. The largest absolute Gasteiger partial charge is 0.508 e. The van der Waals surface area contributed by atoms with E-state index in [4.69, 9.17) is 4.74 Å². The van der Waals surface area contributed by atoms with Gasteiger partial charge in [-0.3, -0.25) is 4.79 Å². The lowest BCUT2D eigenvalue weighted by Crippen LogP contribution is -2.37. The molecule has 0 saturated carbocycles. The number of aryl methyl sites for hydroxylation is 1. The van der Waals surface area contributed by atoms with E-state index in [1.807, 2.05) is 6.92 Å². The minimum Gasteiger partial charge on any atom is -0.508 e. The normalized spacial score (nSPS) is 18.8. The lowest BCUT2D eigenvalue weighted by molar-refractivity contribution is -0.225. The second kappa shape index (κ2) is 7.90. The van der Waals surface area contributed by atoms with Gasteiger partial charge in [-0.15, -0.1) is 0 Å². The first-order valence-electron chi connectivity index (χ1n) is 8.39. The number of hydrogen-bond donors (Lipinski definition) is 1. The van der Waals surface area contributed by atoms with E-state index in [0.29, 0.717) is 32.1 Å². The molecule has 0 spiro atoms. The number of carbonyl (C=O) groups is 1. The molecule has 1 aromatic rings. The van der Waals surface area contributed by atoms with Crippen molar-refractivity contribution >= 4 is 5.97 Å². The Morgan fingerprint density at radius 1 is 1.33 bits per heavy atom. The van der Waals surface area contributed by atoms with Gasteiger partial charge >= 0.3 is 12.1 Å². The number of carbonyl (C=O) groups excluding carboxylic acids is 1. The maximum atomic E-state index is 13.1. The maximum Gasteiger partial charge on any atom is 0.425 e. The second-order valence-electron chi connectivity index (χ2n) is 6.36. The highest BCUT2D eigenvalue weighted by atomic mass is 19.4. The van der Waals surface area contributed by atoms with Crippen LogP contribution in [0.1, 0.15) is 50.2 Å². The summed E-state index contributed by atoms with van der Waals surface area (Å²) < 4.78 is 44.0. The molecule has 2 unspecified atom stereocenters. The van der Waals surface area contributed by atoms with Crippen LogP contribution in [-0.4, -0.2) is 23.4 Å². The third-order valence-corrected chi connectivity index (χ3v) is 4.44. The highest BCUT2D eigenvalue weighted by molar-refractivity contribution is 5.73. The molecule has 1 aromatic carbocycles. The van der Waals surface area contributed by atoms with Gasteiger partial charge in [0.2, 0.25) is 0 Å². The topological polar surface area (TPSA) is 46.5 Å². The van der Waals surface area contributed by atoms with Gasteiger partial charge in [-0.05, 0) is 55.4 Å². The van der Waals surface area contributed by atoms with Crippen LogP contribution in [0.25, 0.3) is 0 Å². The van der Waals surface area contributed by atoms with Gasteiger partial charge in [-0.2, -0.15) is 13.2 Å². The second-order valence-corrected chi connectivity index (χ2v) is 6.36. The molecular weight excluding hydrogens is 321 g/mol. The SMILES string of the molecule is CCCCCC(OC(=O)C1CCc2cc(O)ccc2C1)C(F)(F)F. The molecule has 0 bridgehead atoms. The fraction of sp³-hybridized carbons (Fsp3) is 0.611. The molecule has 0 fully saturated rings. The monoisotopic (exact) mass is 344 g/mol. The molecule has 0 heterocycles. The zero-order valence-electron chi connectivity index (χ0n) is 13.7. The molecule has 1 N–H and O–H groups in total. The number of alkyl halides is 3. The third-order valence-electron chi connectivity index (χ3n) is 4.44. The molecule has 0 saturated heterocycles. The molecule has 6 heteroatoms. The van der Waals surface area contributed by atoms with Crippen LogP contribution in [-0.2, 0) is 22.4 Å². The van der Waals surface area contributed by atoms with Crippen molar-refractivity contribution in [1.29, 1.82) is 0 Å². The summed E-state index contributed by atoms with van der Waals surface area (Å²) in [5.41, 5.74) is 1.82. The first-order valence-corrected chi connectivity index (χ1v) is 8.39. The van der Waals surface area contributed by atoms with Crippen LogP contribution in [0.3, 0.4) is 0 Å². The minimum atomic E-state index is -4.53. The number of esters is 1. The van der Waals surface area contributed by atoms with E-state index < -0.39 is 24.2 Å². The van der Waals surface area contributed by atoms with Gasteiger partial charge in [0.1, 0.15) is 5.75 Å². The summed E-state index contributed by atoms with van der Waals surface area (Å²) in [6.07, 6.45) is -3.49. The van der Waals surface area contributed by atoms with E-state index in [1.54, 1.807) is 12.1 Å². The summed E-state index contributed by atoms with van der Waals surface area (Å²) in [7, 11) is 0. The predicted octanol–water partition coefficient (Wildman–Crippen LogP) is 4.55. The van der Waals surface area contributed by atoms with Gasteiger partial charge in [-0.25, -0.2) is 0 Å². The van der Waals surface area contributed by atoms with Gasteiger partial charge in [0.05, 0.1) is 5.92 Å². The van der Waals surface area contributed by atoms with Crippen molar-refractivity contribution in [3.05, 3.63) is 29.3 Å².